The second kappa shape index (κ2) is 6.31. The number of piperazine rings is 1. The summed E-state index contributed by atoms with van der Waals surface area (Å²) in [5.74, 6) is 2.91. The molecule has 1 aliphatic heterocycles. The van der Waals surface area contributed by atoms with E-state index in [2.05, 4.69) is 37.2 Å². The number of rotatable bonds is 4. The third-order valence-electron chi connectivity index (χ3n) is 3.85. The van der Waals surface area contributed by atoms with Gasteiger partial charge in [0, 0.05) is 44.0 Å². The second-order valence-electron chi connectivity index (χ2n) is 5.56. The van der Waals surface area contributed by atoms with Crippen LogP contribution in [0.2, 0.25) is 0 Å². The van der Waals surface area contributed by atoms with Crippen LogP contribution in [0.3, 0.4) is 0 Å². The maximum Gasteiger partial charge on any atom is 0.230 e. The Balaban J connectivity index is 1.75. The highest BCUT2D eigenvalue weighted by atomic mass is 16.5. The van der Waals surface area contributed by atoms with Gasteiger partial charge in [-0.15, -0.1) is 0 Å². The van der Waals surface area contributed by atoms with Crippen molar-refractivity contribution in [2.24, 2.45) is 0 Å². The van der Waals surface area contributed by atoms with Crippen LogP contribution in [0.4, 0.5) is 17.6 Å². The number of likely N-dealkylation sites (N-methyl/N-ethyl adjacent to an activating group) is 1. The first kappa shape index (κ1) is 14.8. The molecule has 3 heterocycles. The third-order valence-corrected chi connectivity index (χ3v) is 3.85. The first-order valence-corrected chi connectivity index (χ1v) is 7.67. The molecule has 7 heteroatoms. The molecule has 0 spiro atoms. The maximum absolute atomic E-state index is 5.05. The minimum Gasteiger partial charge on any atom is -0.360 e. The molecule has 0 amide bonds. The number of anilines is 3. The summed E-state index contributed by atoms with van der Waals surface area (Å²) in [5.41, 5.74) is 0.936. The molecule has 0 atom stereocenters. The standard InChI is InChI=1S/C15H22N6O/c1-4-20-5-7-21(8-6-20)14-9-11(2)16-15(18-14)17-13-10-12(3)22-19-13/h9-10H,4-8H2,1-3H3,(H,16,17,18,19). The van der Waals surface area contributed by atoms with Gasteiger partial charge in [-0.1, -0.05) is 12.1 Å². The Kier molecular flexibility index (Phi) is 4.24. The van der Waals surface area contributed by atoms with Crippen LogP contribution in [-0.4, -0.2) is 52.7 Å². The molecule has 0 radical (unpaired) electrons. The molecule has 1 fully saturated rings. The predicted molar refractivity (Wildman–Crippen MR) is 85.6 cm³/mol. The van der Waals surface area contributed by atoms with E-state index in [1.54, 1.807) is 0 Å². The van der Waals surface area contributed by atoms with Crippen molar-refractivity contribution in [2.45, 2.75) is 20.8 Å². The van der Waals surface area contributed by atoms with E-state index in [4.69, 9.17) is 4.52 Å². The second-order valence-corrected chi connectivity index (χ2v) is 5.56. The van der Waals surface area contributed by atoms with Crippen molar-refractivity contribution >= 4 is 17.6 Å². The van der Waals surface area contributed by atoms with Gasteiger partial charge in [-0.05, 0) is 20.4 Å². The van der Waals surface area contributed by atoms with Crippen LogP contribution in [0.1, 0.15) is 18.4 Å². The monoisotopic (exact) mass is 302 g/mol. The lowest BCUT2D eigenvalue weighted by molar-refractivity contribution is 0.270. The van der Waals surface area contributed by atoms with Gasteiger partial charge in [0.05, 0.1) is 0 Å². The third kappa shape index (κ3) is 3.36. The lowest BCUT2D eigenvalue weighted by Crippen LogP contribution is -2.46. The van der Waals surface area contributed by atoms with E-state index in [1.165, 1.54) is 0 Å². The molecule has 2 aromatic heterocycles. The molecule has 1 N–H and O–H groups in total. The smallest absolute Gasteiger partial charge is 0.230 e. The van der Waals surface area contributed by atoms with Gasteiger partial charge in [-0.3, -0.25) is 0 Å². The molecular weight excluding hydrogens is 280 g/mol. The van der Waals surface area contributed by atoms with Gasteiger partial charge in [0.2, 0.25) is 5.95 Å². The first-order valence-electron chi connectivity index (χ1n) is 7.67. The number of aromatic nitrogens is 3. The normalized spacial score (nSPS) is 16.0. The highest BCUT2D eigenvalue weighted by molar-refractivity contribution is 5.52. The topological polar surface area (TPSA) is 70.3 Å². The Bertz CT molecular complexity index is 633. The number of aryl methyl sites for hydroxylation is 2. The average Bonchev–Trinajstić information content (AvgIpc) is 2.92. The van der Waals surface area contributed by atoms with Crippen LogP contribution in [0, 0.1) is 13.8 Å². The molecule has 0 unspecified atom stereocenters. The van der Waals surface area contributed by atoms with Crippen LogP contribution >= 0.6 is 0 Å². The van der Waals surface area contributed by atoms with Gasteiger partial charge in [-0.2, -0.15) is 4.98 Å². The minimum atomic E-state index is 0.557. The van der Waals surface area contributed by atoms with Crippen LogP contribution < -0.4 is 10.2 Å². The molecule has 3 rings (SSSR count). The molecule has 0 aliphatic carbocycles. The van der Waals surface area contributed by atoms with E-state index < -0.39 is 0 Å². The highest BCUT2D eigenvalue weighted by Gasteiger charge is 2.18. The number of nitrogens with zero attached hydrogens (tertiary/aromatic N) is 5. The van der Waals surface area contributed by atoms with E-state index in [9.17, 15) is 0 Å². The Morgan fingerprint density at radius 1 is 1.14 bits per heavy atom. The molecule has 0 aromatic carbocycles. The molecule has 0 bridgehead atoms. The summed E-state index contributed by atoms with van der Waals surface area (Å²) in [6, 6.07) is 3.85. The predicted octanol–water partition coefficient (Wildman–Crippen LogP) is 1.97. The van der Waals surface area contributed by atoms with Crippen molar-refractivity contribution in [3.8, 4) is 0 Å². The lowest BCUT2D eigenvalue weighted by Gasteiger charge is -2.34. The Labute approximate surface area is 130 Å². The van der Waals surface area contributed by atoms with Gasteiger partial charge in [0.1, 0.15) is 11.6 Å². The van der Waals surface area contributed by atoms with Gasteiger partial charge in [0.25, 0.3) is 0 Å². The van der Waals surface area contributed by atoms with Crippen molar-refractivity contribution in [3.63, 3.8) is 0 Å². The number of hydrogen-bond donors (Lipinski definition) is 1. The van der Waals surface area contributed by atoms with Crippen molar-refractivity contribution in [2.75, 3.05) is 42.9 Å². The van der Waals surface area contributed by atoms with Crippen LogP contribution in [0.15, 0.2) is 16.7 Å². The summed E-state index contributed by atoms with van der Waals surface area (Å²) in [6.07, 6.45) is 0. The van der Waals surface area contributed by atoms with E-state index in [1.807, 2.05) is 26.0 Å². The van der Waals surface area contributed by atoms with Crippen LogP contribution in [0.25, 0.3) is 0 Å². The largest absolute Gasteiger partial charge is 0.360 e. The maximum atomic E-state index is 5.05. The molecule has 22 heavy (non-hydrogen) atoms. The first-order chi connectivity index (χ1) is 10.6. The van der Waals surface area contributed by atoms with E-state index in [0.29, 0.717) is 11.8 Å². The SMILES string of the molecule is CCN1CCN(c2cc(C)nc(Nc3cc(C)on3)n2)CC1. The van der Waals surface area contributed by atoms with E-state index >= 15 is 0 Å². The zero-order valence-corrected chi connectivity index (χ0v) is 13.3. The molecule has 7 nitrogen and oxygen atoms in total. The molecule has 1 aliphatic rings. The van der Waals surface area contributed by atoms with E-state index in [-0.39, 0.29) is 0 Å². The molecular formula is C15H22N6O. The van der Waals surface area contributed by atoms with Gasteiger partial charge in [-0.25, -0.2) is 4.98 Å². The quantitative estimate of drug-likeness (QED) is 0.925. The fraction of sp³-hybridized carbons (Fsp3) is 0.533. The summed E-state index contributed by atoms with van der Waals surface area (Å²) in [6.45, 7) is 11.3. The number of nitrogens with one attached hydrogen (secondary N) is 1. The summed E-state index contributed by atoms with van der Waals surface area (Å²) < 4.78 is 5.05. The molecule has 118 valence electrons. The highest BCUT2D eigenvalue weighted by Crippen LogP contribution is 2.19. The summed E-state index contributed by atoms with van der Waals surface area (Å²) in [4.78, 5) is 13.8. The zero-order chi connectivity index (χ0) is 15.5. The van der Waals surface area contributed by atoms with Gasteiger partial charge < -0.3 is 19.6 Å². The van der Waals surface area contributed by atoms with Crippen molar-refractivity contribution in [3.05, 3.63) is 23.6 Å². The van der Waals surface area contributed by atoms with Gasteiger partial charge in [0.15, 0.2) is 5.82 Å². The Morgan fingerprint density at radius 2 is 1.91 bits per heavy atom. The van der Waals surface area contributed by atoms with Crippen molar-refractivity contribution in [1.82, 2.24) is 20.0 Å². The van der Waals surface area contributed by atoms with Gasteiger partial charge >= 0.3 is 0 Å². The average molecular weight is 302 g/mol. The zero-order valence-electron chi connectivity index (χ0n) is 13.3. The van der Waals surface area contributed by atoms with Crippen LogP contribution in [0.5, 0.6) is 0 Å². The summed E-state index contributed by atoms with van der Waals surface area (Å²) in [5, 5.41) is 7.02. The van der Waals surface area contributed by atoms with Crippen molar-refractivity contribution < 1.29 is 4.52 Å². The van der Waals surface area contributed by atoms with E-state index in [0.717, 1.165) is 50.0 Å². The fourth-order valence-electron chi connectivity index (χ4n) is 2.60. The molecule has 2 aromatic rings. The summed E-state index contributed by atoms with van der Waals surface area (Å²) >= 11 is 0. The summed E-state index contributed by atoms with van der Waals surface area (Å²) in [7, 11) is 0. The molecule has 0 saturated carbocycles. The Hall–Kier alpha value is -2.15. The van der Waals surface area contributed by atoms with Crippen molar-refractivity contribution in [1.29, 1.82) is 0 Å². The number of hydrogen-bond acceptors (Lipinski definition) is 7. The fourth-order valence-corrected chi connectivity index (χ4v) is 2.60. The lowest BCUT2D eigenvalue weighted by atomic mass is 10.3. The minimum absolute atomic E-state index is 0.557. The Morgan fingerprint density at radius 3 is 2.55 bits per heavy atom. The van der Waals surface area contributed by atoms with Crippen LogP contribution in [-0.2, 0) is 0 Å². The molecule has 1 saturated heterocycles.